The summed E-state index contributed by atoms with van der Waals surface area (Å²) in [6.45, 7) is 1.82. The van der Waals surface area contributed by atoms with Crippen molar-refractivity contribution < 1.29 is 18.3 Å². The fourth-order valence-electron chi connectivity index (χ4n) is 0.888. The van der Waals surface area contributed by atoms with Gasteiger partial charge in [-0.25, -0.2) is 13.6 Å². The molecule has 0 radical (unpaired) electrons. The summed E-state index contributed by atoms with van der Waals surface area (Å²) in [6.07, 6.45) is 0. The molecule has 14 heavy (non-hydrogen) atoms. The molecule has 1 rings (SSSR count). The molecule has 0 bridgehead atoms. The van der Waals surface area contributed by atoms with Crippen LogP contribution >= 0.6 is 15.9 Å². The van der Waals surface area contributed by atoms with Crippen LogP contribution in [0, 0.1) is 11.6 Å². The van der Waals surface area contributed by atoms with Crippen LogP contribution in [0.25, 0.3) is 0 Å². The third-order valence-electron chi connectivity index (χ3n) is 1.51. The van der Waals surface area contributed by atoms with Crippen molar-refractivity contribution in [2.24, 2.45) is 0 Å². The summed E-state index contributed by atoms with van der Waals surface area (Å²) in [4.78, 5) is 11.2. The summed E-state index contributed by atoms with van der Waals surface area (Å²) in [5, 5.41) is 0. The molecule has 0 amide bonds. The van der Waals surface area contributed by atoms with Crippen molar-refractivity contribution in [1.29, 1.82) is 0 Å². The monoisotopic (exact) mass is 264 g/mol. The smallest absolute Gasteiger partial charge is 0.339 e. The normalized spacial score (nSPS) is 10.0. The van der Waals surface area contributed by atoms with E-state index in [-0.39, 0.29) is 16.6 Å². The van der Waals surface area contributed by atoms with Gasteiger partial charge in [-0.2, -0.15) is 0 Å². The van der Waals surface area contributed by atoms with Crippen LogP contribution in [-0.2, 0) is 4.74 Å². The largest absolute Gasteiger partial charge is 0.462 e. The van der Waals surface area contributed by atoms with E-state index in [1.165, 1.54) is 0 Å². The second-order valence-electron chi connectivity index (χ2n) is 2.47. The molecule has 0 saturated carbocycles. The molecule has 0 unspecified atom stereocenters. The van der Waals surface area contributed by atoms with E-state index in [4.69, 9.17) is 0 Å². The van der Waals surface area contributed by atoms with Gasteiger partial charge in [0, 0.05) is 4.47 Å². The molecule has 0 aliphatic rings. The van der Waals surface area contributed by atoms with E-state index in [1.807, 2.05) is 0 Å². The minimum atomic E-state index is -1.07. The lowest BCUT2D eigenvalue weighted by Gasteiger charge is -2.04. The zero-order valence-corrected chi connectivity index (χ0v) is 8.90. The topological polar surface area (TPSA) is 26.3 Å². The van der Waals surface area contributed by atoms with Crippen LogP contribution in [0.5, 0.6) is 0 Å². The summed E-state index contributed by atoms with van der Waals surface area (Å²) < 4.78 is 30.2. The molecule has 0 aliphatic carbocycles. The number of hydrogen-bond donors (Lipinski definition) is 0. The zero-order chi connectivity index (χ0) is 10.7. The summed E-state index contributed by atoms with van der Waals surface area (Å²) in [7, 11) is 0. The summed E-state index contributed by atoms with van der Waals surface area (Å²) in [5.41, 5.74) is -0.0225. The minimum absolute atomic E-state index is 0.0225. The zero-order valence-electron chi connectivity index (χ0n) is 7.31. The van der Waals surface area contributed by atoms with Gasteiger partial charge < -0.3 is 4.74 Å². The molecule has 76 valence electrons. The van der Waals surface area contributed by atoms with E-state index in [2.05, 4.69) is 20.7 Å². The lowest BCUT2D eigenvalue weighted by atomic mass is 10.2. The van der Waals surface area contributed by atoms with Gasteiger partial charge in [-0.1, -0.05) is 0 Å². The average Bonchev–Trinajstić information content (AvgIpc) is 2.11. The Hall–Kier alpha value is -0.970. The Labute approximate surface area is 88.0 Å². The first kappa shape index (κ1) is 11.1. The molecule has 0 atom stereocenters. The van der Waals surface area contributed by atoms with Crippen LogP contribution in [0.3, 0.4) is 0 Å². The van der Waals surface area contributed by atoms with Crippen LogP contribution in [0.15, 0.2) is 16.6 Å². The molecular formula is C9H7BrF2O2. The molecule has 0 aliphatic heterocycles. The van der Waals surface area contributed by atoms with Gasteiger partial charge in [0.05, 0.1) is 12.2 Å². The van der Waals surface area contributed by atoms with Crippen molar-refractivity contribution in [3.05, 3.63) is 33.8 Å². The van der Waals surface area contributed by atoms with Gasteiger partial charge in [-0.3, -0.25) is 0 Å². The molecular weight excluding hydrogens is 258 g/mol. The van der Waals surface area contributed by atoms with E-state index in [1.54, 1.807) is 6.92 Å². The number of benzene rings is 1. The number of hydrogen-bond acceptors (Lipinski definition) is 2. The predicted octanol–water partition coefficient (Wildman–Crippen LogP) is 2.90. The van der Waals surface area contributed by atoms with Crippen molar-refractivity contribution in [3.63, 3.8) is 0 Å². The molecule has 0 N–H and O–H groups in total. The Morgan fingerprint density at radius 1 is 1.43 bits per heavy atom. The van der Waals surface area contributed by atoms with E-state index in [0.29, 0.717) is 0 Å². The quantitative estimate of drug-likeness (QED) is 0.607. The standard InChI is InChI=1S/C9H7BrF2O2/c1-2-14-9(13)5-3-7(11)8(12)4-6(5)10/h3-4H,2H2,1H3. The Balaban J connectivity index is 3.09. The highest BCUT2D eigenvalue weighted by Crippen LogP contribution is 2.21. The SMILES string of the molecule is CCOC(=O)c1cc(F)c(F)cc1Br. The molecule has 0 aromatic heterocycles. The van der Waals surface area contributed by atoms with Crippen LogP contribution in [0.4, 0.5) is 8.78 Å². The Kier molecular flexibility index (Phi) is 3.57. The molecule has 5 heteroatoms. The van der Waals surface area contributed by atoms with Gasteiger partial charge in [-0.05, 0) is 35.0 Å². The molecule has 0 spiro atoms. The molecule has 0 saturated heterocycles. The maximum Gasteiger partial charge on any atom is 0.339 e. The summed E-state index contributed by atoms with van der Waals surface area (Å²) in [5.74, 6) is -2.76. The van der Waals surface area contributed by atoms with Crippen LogP contribution in [0.1, 0.15) is 17.3 Å². The number of esters is 1. The van der Waals surface area contributed by atoms with Crippen molar-refractivity contribution in [1.82, 2.24) is 0 Å². The minimum Gasteiger partial charge on any atom is -0.462 e. The summed E-state index contributed by atoms with van der Waals surface area (Å²) in [6, 6.07) is 1.69. The highest BCUT2D eigenvalue weighted by Gasteiger charge is 2.15. The highest BCUT2D eigenvalue weighted by atomic mass is 79.9. The second-order valence-corrected chi connectivity index (χ2v) is 3.32. The van der Waals surface area contributed by atoms with E-state index >= 15 is 0 Å². The summed E-state index contributed by atoms with van der Waals surface area (Å²) >= 11 is 2.94. The Bertz CT molecular complexity index is 366. The maximum absolute atomic E-state index is 12.8. The van der Waals surface area contributed by atoms with Gasteiger partial charge in [0.15, 0.2) is 11.6 Å². The number of rotatable bonds is 2. The Morgan fingerprint density at radius 3 is 2.57 bits per heavy atom. The first-order valence-corrected chi connectivity index (χ1v) is 4.67. The van der Waals surface area contributed by atoms with Gasteiger partial charge in [-0.15, -0.1) is 0 Å². The van der Waals surface area contributed by atoms with Crippen molar-refractivity contribution in [2.75, 3.05) is 6.61 Å². The fourth-order valence-corrected chi connectivity index (χ4v) is 1.37. The predicted molar refractivity (Wildman–Crippen MR) is 50.0 cm³/mol. The second kappa shape index (κ2) is 4.50. The van der Waals surface area contributed by atoms with Crippen molar-refractivity contribution in [3.8, 4) is 0 Å². The fraction of sp³-hybridized carbons (Fsp3) is 0.222. The molecule has 2 nitrogen and oxygen atoms in total. The van der Waals surface area contributed by atoms with Crippen molar-refractivity contribution in [2.45, 2.75) is 6.92 Å². The van der Waals surface area contributed by atoms with Gasteiger partial charge in [0.2, 0.25) is 0 Å². The Morgan fingerprint density at radius 2 is 2.00 bits per heavy atom. The first-order chi connectivity index (χ1) is 6.56. The maximum atomic E-state index is 12.8. The highest BCUT2D eigenvalue weighted by molar-refractivity contribution is 9.10. The van der Waals surface area contributed by atoms with Gasteiger partial charge in [0.1, 0.15) is 0 Å². The number of carbonyl (C=O) groups excluding carboxylic acids is 1. The number of halogens is 3. The molecule has 1 aromatic carbocycles. The lowest BCUT2D eigenvalue weighted by Crippen LogP contribution is -2.06. The van der Waals surface area contributed by atoms with Gasteiger partial charge >= 0.3 is 5.97 Å². The molecule has 0 fully saturated rings. The number of carbonyl (C=O) groups is 1. The number of ether oxygens (including phenoxy) is 1. The molecule has 0 heterocycles. The lowest BCUT2D eigenvalue weighted by molar-refractivity contribution is 0.0524. The van der Waals surface area contributed by atoms with E-state index in [9.17, 15) is 13.6 Å². The first-order valence-electron chi connectivity index (χ1n) is 3.88. The van der Waals surface area contributed by atoms with Crippen LogP contribution < -0.4 is 0 Å². The average molecular weight is 265 g/mol. The van der Waals surface area contributed by atoms with Crippen molar-refractivity contribution >= 4 is 21.9 Å². The van der Waals surface area contributed by atoms with E-state index < -0.39 is 17.6 Å². The van der Waals surface area contributed by atoms with Crippen LogP contribution in [-0.4, -0.2) is 12.6 Å². The third-order valence-corrected chi connectivity index (χ3v) is 2.16. The molecule has 1 aromatic rings. The van der Waals surface area contributed by atoms with E-state index in [0.717, 1.165) is 12.1 Å². The van der Waals surface area contributed by atoms with Crippen LogP contribution in [0.2, 0.25) is 0 Å². The third kappa shape index (κ3) is 2.29. The van der Waals surface area contributed by atoms with Gasteiger partial charge in [0.25, 0.3) is 0 Å².